The van der Waals surface area contributed by atoms with Gasteiger partial charge in [0, 0.05) is 12.6 Å². The first kappa shape index (κ1) is 15.4. The van der Waals surface area contributed by atoms with Gasteiger partial charge in [0.1, 0.15) is 6.04 Å². The Labute approximate surface area is 111 Å². The number of likely N-dealkylation sites (tertiary alicyclic amines) is 1. The molecule has 2 atom stereocenters. The number of nitrogens with one attached hydrogen (secondary N) is 1. The maximum absolute atomic E-state index is 11.7. The number of methoxy groups -OCH3 is 1. The minimum Gasteiger partial charge on any atom is -0.468 e. The average Bonchev–Trinajstić information content (AvgIpc) is 2.62. The second-order valence-electron chi connectivity index (χ2n) is 5.04. The molecule has 0 aromatic rings. The number of carbonyl (C=O) groups is 1. The van der Waals surface area contributed by atoms with Crippen molar-refractivity contribution in [2.24, 2.45) is 0 Å². The highest BCUT2D eigenvalue weighted by Crippen LogP contribution is 2.19. The first-order chi connectivity index (χ1) is 8.72. The third kappa shape index (κ3) is 4.58. The number of esters is 1. The highest BCUT2D eigenvalue weighted by atomic mass is 16.5. The standard InChI is InChI=1S/C14H28N2O2/c1-4-12-9-7-6-8-10-16(12)11-13(15-5-2)14(17)18-3/h12-13,15H,4-11H2,1-3H3. The Morgan fingerprint density at radius 1 is 1.39 bits per heavy atom. The molecule has 0 saturated carbocycles. The zero-order chi connectivity index (χ0) is 13.4. The van der Waals surface area contributed by atoms with Crippen LogP contribution in [0.15, 0.2) is 0 Å². The van der Waals surface area contributed by atoms with Gasteiger partial charge >= 0.3 is 5.97 Å². The summed E-state index contributed by atoms with van der Waals surface area (Å²) in [6.07, 6.45) is 6.31. The molecular weight excluding hydrogens is 228 g/mol. The van der Waals surface area contributed by atoms with E-state index in [2.05, 4.69) is 17.1 Å². The number of nitrogens with zero attached hydrogens (tertiary/aromatic N) is 1. The van der Waals surface area contributed by atoms with E-state index < -0.39 is 0 Å². The Balaban J connectivity index is 2.60. The van der Waals surface area contributed by atoms with E-state index in [1.165, 1.54) is 39.2 Å². The Morgan fingerprint density at radius 2 is 2.17 bits per heavy atom. The molecule has 0 amide bonds. The van der Waals surface area contributed by atoms with E-state index in [0.29, 0.717) is 6.04 Å². The fraction of sp³-hybridized carbons (Fsp3) is 0.929. The summed E-state index contributed by atoms with van der Waals surface area (Å²) in [5.41, 5.74) is 0. The van der Waals surface area contributed by atoms with Crippen molar-refractivity contribution >= 4 is 5.97 Å². The molecule has 1 saturated heterocycles. The Kier molecular flexibility index (Phi) is 7.28. The van der Waals surface area contributed by atoms with Gasteiger partial charge in [0.15, 0.2) is 0 Å². The van der Waals surface area contributed by atoms with Crippen LogP contribution in [0.25, 0.3) is 0 Å². The smallest absolute Gasteiger partial charge is 0.324 e. The van der Waals surface area contributed by atoms with Gasteiger partial charge in [0.2, 0.25) is 0 Å². The summed E-state index contributed by atoms with van der Waals surface area (Å²) < 4.78 is 4.88. The molecule has 4 heteroatoms. The van der Waals surface area contributed by atoms with E-state index in [1.807, 2.05) is 6.92 Å². The third-order valence-corrected chi connectivity index (χ3v) is 3.82. The number of carbonyl (C=O) groups excluding carboxylic acids is 1. The fourth-order valence-corrected chi connectivity index (χ4v) is 2.79. The summed E-state index contributed by atoms with van der Waals surface area (Å²) >= 11 is 0. The average molecular weight is 256 g/mol. The number of hydrogen-bond acceptors (Lipinski definition) is 4. The van der Waals surface area contributed by atoms with Crippen molar-refractivity contribution in [3.05, 3.63) is 0 Å². The number of likely N-dealkylation sites (N-methyl/N-ethyl adjacent to an activating group) is 1. The van der Waals surface area contributed by atoms with Gasteiger partial charge in [-0.2, -0.15) is 0 Å². The topological polar surface area (TPSA) is 41.6 Å². The largest absolute Gasteiger partial charge is 0.468 e. The first-order valence-electron chi connectivity index (χ1n) is 7.28. The molecule has 0 aliphatic carbocycles. The first-order valence-corrected chi connectivity index (χ1v) is 7.28. The Morgan fingerprint density at radius 3 is 2.78 bits per heavy atom. The molecule has 4 nitrogen and oxygen atoms in total. The van der Waals surface area contributed by atoms with Gasteiger partial charge in [0.25, 0.3) is 0 Å². The van der Waals surface area contributed by atoms with Crippen LogP contribution in [0.3, 0.4) is 0 Å². The van der Waals surface area contributed by atoms with Crippen molar-refractivity contribution in [2.75, 3.05) is 26.7 Å². The van der Waals surface area contributed by atoms with Crippen molar-refractivity contribution < 1.29 is 9.53 Å². The fourth-order valence-electron chi connectivity index (χ4n) is 2.79. The molecule has 1 N–H and O–H groups in total. The monoisotopic (exact) mass is 256 g/mol. The highest BCUT2D eigenvalue weighted by Gasteiger charge is 2.26. The van der Waals surface area contributed by atoms with Gasteiger partial charge in [-0.05, 0) is 32.4 Å². The van der Waals surface area contributed by atoms with Crippen LogP contribution in [0.4, 0.5) is 0 Å². The van der Waals surface area contributed by atoms with Crippen LogP contribution in [-0.4, -0.2) is 49.7 Å². The molecule has 0 aromatic carbocycles. The predicted octanol–water partition coefficient (Wildman–Crippen LogP) is 1.79. The summed E-state index contributed by atoms with van der Waals surface area (Å²) in [5.74, 6) is -0.143. The van der Waals surface area contributed by atoms with Crippen molar-refractivity contribution in [1.82, 2.24) is 10.2 Å². The van der Waals surface area contributed by atoms with Crippen LogP contribution < -0.4 is 5.32 Å². The van der Waals surface area contributed by atoms with Crippen molar-refractivity contribution in [2.45, 2.75) is 58.0 Å². The summed E-state index contributed by atoms with van der Waals surface area (Å²) in [4.78, 5) is 14.2. The van der Waals surface area contributed by atoms with Gasteiger partial charge in [0.05, 0.1) is 7.11 Å². The maximum atomic E-state index is 11.7. The molecule has 2 unspecified atom stereocenters. The zero-order valence-corrected chi connectivity index (χ0v) is 12.1. The van der Waals surface area contributed by atoms with Crippen LogP contribution in [0.1, 0.15) is 46.0 Å². The number of rotatable bonds is 6. The summed E-state index contributed by atoms with van der Waals surface area (Å²) in [6.45, 7) is 6.94. The quantitative estimate of drug-likeness (QED) is 0.736. The SMILES string of the molecule is CCNC(CN1CCCCCC1CC)C(=O)OC. The normalized spacial score (nSPS) is 23.4. The zero-order valence-electron chi connectivity index (χ0n) is 12.1. The minimum absolute atomic E-state index is 0.143. The van der Waals surface area contributed by atoms with Crippen molar-refractivity contribution in [3.8, 4) is 0 Å². The molecule has 1 aliphatic heterocycles. The number of hydrogen-bond donors (Lipinski definition) is 1. The molecule has 1 fully saturated rings. The lowest BCUT2D eigenvalue weighted by molar-refractivity contribution is -0.143. The molecule has 1 heterocycles. The second-order valence-corrected chi connectivity index (χ2v) is 5.04. The van der Waals surface area contributed by atoms with E-state index in [-0.39, 0.29) is 12.0 Å². The van der Waals surface area contributed by atoms with Gasteiger partial charge in [-0.15, -0.1) is 0 Å². The lowest BCUT2D eigenvalue weighted by Gasteiger charge is -2.31. The van der Waals surface area contributed by atoms with Crippen molar-refractivity contribution in [3.63, 3.8) is 0 Å². The highest BCUT2D eigenvalue weighted by molar-refractivity contribution is 5.75. The molecule has 0 spiro atoms. The van der Waals surface area contributed by atoms with Gasteiger partial charge in [-0.25, -0.2) is 0 Å². The molecule has 1 aliphatic rings. The molecule has 0 aromatic heterocycles. The summed E-state index contributed by atoms with van der Waals surface area (Å²) in [6, 6.07) is 0.436. The Hall–Kier alpha value is -0.610. The van der Waals surface area contributed by atoms with Gasteiger partial charge < -0.3 is 10.1 Å². The van der Waals surface area contributed by atoms with Crippen LogP contribution in [0, 0.1) is 0 Å². The van der Waals surface area contributed by atoms with E-state index in [9.17, 15) is 4.79 Å². The van der Waals surface area contributed by atoms with Crippen molar-refractivity contribution in [1.29, 1.82) is 0 Å². The minimum atomic E-state index is -0.188. The third-order valence-electron chi connectivity index (χ3n) is 3.82. The molecule has 0 radical (unpaired) electrons. The molecular formula is C14H28N2O2. The van der Waals surface area contributed by atoms with E-state index >= 15 is 0 Å². The second kappa shape index (κ2) is 8.48. The van der Waals surface area contributed by atoms with E-state index in [1.54, 1.807) is 0 Å². The predicted molar refractivity (Wildman–Crippen MR) is 73.6 cm³/mol. The molecule has 18 heavy (non-hydrogen) atoms. The van der Waals surface area contributed by atoms with E-state index in [0.717, 1.165) is 19.6 Å². The Bertz CT molecular complexity index is 246. The molecule has 106 valence electrons. The number of ether oxygens (including phenoxy) is 1. The lowest BCUT2D eigenvalue weighted by Crippen LogP contribution is -2.49. The summed E-state index contributed by atoms with van der Waals surface area (Å²) in [5, 5.41) is 3.23. The van der Waals surface area contributed by atoms with E-state index in [4.69, 9.17) is 4.74 Å². The van der Waals surface area contributed by atoms with Crippen LogP contribution in [0.2, 0.25) is 0 Å². The van der Waals surface area contributed by atoms with Crippen LogP contribution >= 0.6 is 0 Å². The lowest BCUT2D eigenvalue weighted by atomic mass is 10.1. The summed E-state index contributed by atoms with van der Waals surface area (Å²) in [7, 11) is 1.46. The van der Waals surface area contributed by atoms with Crippen LogP contribution in [0.5, 0.6) is 0 Å². The van der Waals surface area contributed by atoms with Gasteiger partial charge in [-0.1, -0.05) is 26.7 Å². The van der Waals surface area contributed by atoms with Crippen LogP contribution in [-0.2, 0) is 9.53 Å². The maximum Gasteiger partial charge on any atom is 0.324 e. The molecule has 0 bridgehead atoms. The molecule has 1 rings (SSSR count). The van der Waals surface area contributed by atoms with Gasteiger partial charge in [-0.3, -0.25) is 9.69 Å².